The van der Waals surface area contributed by atoms with Crippen molar-refractivity contribution >= 4 is 39.3 Å². The molecule has 4 nitrogen and oxygen atoms in total. The van der Waals surface area contributed by atoms with E-state index in [2.05, 4.69) is 20.9 Å². The summed E-state index contributed by atoms with van der Waals surface area (Å²) < 4.78 is 0.566. The number of rotatable bonds is 3. The summed E-state index contributed by atoms with van der Waals surface area (Å²) in [5.74, 6) is -2.34. The van der Waals surface area contributed by atoms with Crippen LogP contribution >= 0.6 is 27.5 Å². The van der Waals surface area contributed by atoms with Crippen LogP contribution in [0.2, 0.25) is 5.15 Å². The summed E-state index contributed by atoms with van der Waals surface area (Å²) in [7, 11) is 0. The molecule has 0 saturated heterocycles. The molecule has 0 aliphatic heterocycles. The Morgan fingerprint density at radius 3 is 2.79 bits per heavy atom. The van der Waals surface area contributed by atoms with E-state index in [1.54, 1.807) is 0 Å². The summed E-state index contributed by atoms with van der Waals surface area (Å²) in [6.07, 6.45) is 1.23. The third-order valence-electron chi connectivity index (χ3n) is 1.49. The summed E-state index contributed by atoms with van der Waals surface area (Å²) in [5.41, 5.74) is 0.511. The second-order valence-electron chi connectivity index (χ2n) is 2.50. The molecule has 0 aliphatic carbocycles. The highest BCUT2D eigenvalue weighted by atomic mass is 79.9. The molecule has 1 aromatic rings. The fourth-order valence-corrected chi connectivity index (χ4v) is 1.37. The molecule has 1 rings (SSSR count). The lowest BCUT2D eigenvalue weighted by Gasteiger charge is -2.01. The smallest absolute Gasteiger partial charge is 0.372 e. The van der Waals surface area contributed by atoms with Gasteiger partial charge in [0.25, 0.3) is 0 Å². The molecule has 0 aromatic carbocycles. The van der Waals surface area contributed by atoms with Gasteiger partial charge in [-0.2, -0.15) is 0 Å². The monoisotopic (exact) mass is 277 g/mol. The van der Waals surface area contributed by atoms with Crippen LogP contribution < -0.4 is 0 Å². The number of Topliss-reactive ketones (excluding diaryl/α,β-unsaturated/α-hetero) is 1. The second kappa shape index (κ2) is 4.52. The number of carboxylic acid groups (broad SMARTS) is 1. The Kier molecular flexibility index (Phi) is 3.60. The molecule has 74 valence electrons. The molecule has 6 heteroatoms. The lowest BCUT2D eigenvalue weighted by molar-refractivity contribution is -0.148. The number of hydrogen-bond acceptors (Lipinski definition) is 3. The molecule has 0 aliphatic rings. The van der Waals surface area contributed by atoms with Crippen molar-refractivity contribution in [1.29, 1.82) is 0 Å². The van der Waals surface area contributed by atoms with Gasteiger partial charge in [0.15, 0.2) is 0 Å². The Balaban J connectivity index is 2.91. The Morgan fingerprint density at radius 1 is 1.57 bits per heavy atom. The molecule has 0 saturated carbocycles. The van der Waals surface area contributed by atoms with E-state index < -0.39 is 11.8 Å². The van der Waals surface area contributed by atoms with Gasteiger partial charge in [0.05, 0.1) is 0 Å². The maximum atomic E-state index is 10.9. The van der Waals surface area contributed by atoms with Crippen LogP contribution in [0.25, 0.3) is 0 Å². The molecule has 0 fully saturated rings. The minimum absolute atomic E-state index is 0.196. The Labute approximate surface area is 93.0 Å². The van der Waals surface area contributed by atoms with Gasteiger partial charge < -0.3 is 5.11 Å². The van der Waals surface area contributed by atoms with Gasteiger partial charge in [-0.25, -0.2) is 9.78 Å². The quantitative estimate of drug-likeness (QED) is 0.675. The minimum atomic E-state index is -1.45. The number of pyridine rings is 1. The molecule has 0 atom stereocenters. The fraction of sp³-hybridized carbons (Fsp3) is 0.125. The van der Waals surface area contributed by atoms with Crippen LogP contribution in [0.5, 0.6) is 0 Å². The zero-order chi connectivity index (χ0) is 10.7. The number of carboxylic acids is 1. The van der Waals surface area contributed by atoms with E-state index in [0.717, 1.165) is 0 Å². The number of aromatic nitrogens is 1. The molecule has 1 heterocycles. The molecule has 0 amide bonds. The van der Waals surface area contributed by atoms with Crippen molar-refractivity contribution in [1.82, 2.24) is 4.98 Å². The highest BCUT2D eigenvalue weighted by molar-refractivity contribution is 9.10. The number of ketones is 1. The van der Waals surface area contributed by atoms with Gasteiger partial charge >= 0.3 is 5.97 Å². The molecule has 0 bridgehead atoms. The lowest BCUT2D eigenvalue weighted by atomic mass is 10.1. The number of nitrogens with zero attached hydrogens (tertiary/aromatic N) is 1. The maximum Gasteiger partial charge on any atom is 0.372 e. The van der Waals surface area contributed by atoms with Gasteiger partial charge in [0.1, 0.15) is 5.15 Å². The van der Waals surface area contributed by atoms with Gasteiger partial charge in [0, 0.05) is 17.1 Å². The molecule has 1 aromatic heterocycles. The van der Waals surface area contributed by atoms with E-state index in [0.29, 0.717) is 10.0 Å². The van der Waals surface area contributed by atoms with Gasteiger partial charge in [-0.05, 0) is 27.6 Å². The first-order valence-corrected chi connectivity index (χ1v) is 4.74. The molecule has 1 N–H and O–H groups in total. The molecule has 0 radical (unpaired) electrons. The molecule has 14 heavy (non-hydrogen) atoms. The normalized spacial score (nSPS) is 9.86. The van der Waals surface area contributed by atoms with Crippen molar-refractivity contribution in [2.24, 2.45) is 0 Å². The van der Waals surface area contributed by atoms with E-state index >= 15 is 0 Å². The number of halogens is 2. The molecule has 0 unspecified atom stereocenters. The van der Waals surface area contributed by atoms with Gasteiger partial charge in [-0.3, -0.25) is 4.79 Å². The topological polar surface area (TPSA) is 67.3 Å². The van der Waals surface area contributed by atoms with Crippen LogP contribution in [0.4, 0.5) is 0 Å². The summed E-state index contributed by atoms with van der Waals surface area (Å²) in [5, 5.41) is 8.61. The van der Waals surface area contributed by atoms with Crippen LogP contribution in [0.1, 0.15) is 5.56 Å². The van der Waals surface area contributed by atoms with Crippen molar-refractivity contribution in [2.75, 3.05) is 0 Å². The van der Waals surface area contributed by atoms with Crippen LogP contribution in [0, 0.1) is 0 Å². The number of aliphatic carboxylic acids is 1. The minimum Gasteiger partial charge on any atom is -0.475 e. The molecular weight excluding hydrogens is 273 g/mol. The zero-order valence-corrected chi connectivity index (χ0v) is 9.17. The van der Waals surface area contributed by atoms with Crippen LogP contribution in [-0.2, 0) is 16.0 Å². The maximum absolute atomic E-state index is 10.9. The van der Waals surface area contributed by atoms with Crippen LogP contribution in [0.15, 0.2) is 16.7 Å². The molecule has 0 spiro atoms. The predicted molar refractivity (Wildman–Crippen MR) is 53.3 cm³/mol. The predicted octanol–water partition coefficient (Wildman–Crippen LogP) is 1.69. The highest BCUT2D eigenvalue weighted by Crippen LogP contribution is 2.19. The van der Waals surface area contributed by atoms with Crippen LogP contribution in [0.3, 0.4) is 0 Å². The number of carbonyl (C=O) groups excluding carboxylic acids is 1. The summed E-state index contributed by atoms with van der Waals surface area (Å²) >= 11 is 8.73. The van der Waals surface area contributed by atoms with Crippen molar-refractivity contribution in [2.45, 2.75) is 6.42 Å². The summed E-state index contributed by atoms with van der Waals surface area (Å²) in [6.45, 7) is 0. The molecular formula is C8H5BrClNO3. The Bertz CT molecular complexity index is 394. The van der Waals surface area contributed by atoms with Crippen molar-refractivity contribution < 1.29 is 14.7 Å². The van der Waals surface area contributed by atoms with E-state index in [-0.39, 0.29) is 11.6 Å². The van der Waals surface area contributed by atoms with Gasteiger partial charge in [-0.15, -0.1) is 0 Å². The van der Waals surface area contributed by atoms with E-state index in [1.807, 2.05) is 0 Å². The summed E-state index contributed by atoms with van der Waals surface area (Å²) in [4.78, 5) is 24.9. The van der Waals surface area contributed by atoms with Crippen molar-refractivity contribution in [3.05, 3.63) is 27.5 Å². The average Bonchev–Trinajstić information content (AvgIpc) is 2.11. The standard InChI is InChI=1S/C8H5BrClNO3/c9-5-3-11-7(10)2-4(5)1-6(12)8(13)14/h2-3H,1H2,(H,13,14). The zero-order valence-electron chi connectivity index (χ0n) is 6.83. The fourth-order valence-electron chi connectivity index (χ4n) is 0.835. The largest absolute Gasteiger partial charge is 0.475 e. The number of hydrogen-bond donors (Lipinski definition) is 1. The van der Waals surface area contributed by atoms with Crippen molar-refractivity contribution in [3.63, 3.8) is 0 Å². The van der Waals surface area contributed by atoms with Gasteiger partial charge in [0.2, 0.25) is 5.78 Å². The van der Waals surface area contributed by atoms with E-state index in [9.17, 15) is 9.59 Å². The SMILES string of the molecule is O=C(O)C(=O)Cc1cc(Cl)ncc1Br. The second-order valence-corrected chi connectivity index (χ2v) is 3.75. The first-order chi connectivity index (χ1) is 6.50. The van der Waals surface area contributed by atoms with Crippen LogP contribution in [-0.4, -0.2) is 21.8 Å². The third kappa shape index (κ3) is 2.78. The Hall–Kier alpha value is -0.940. The first kappa shape index (κ1) is 11.1. The Morgan fingerprint density at radius 2 is 2.21 bits per heavy atom. The third-order valence-corrected chi connectivity index (χ3v) is 2.41. The highest BCUT2D eigenvalue weighted by Gasteiger charge is 2.14. The number of carbonyl (C=O) groups is 2. The van der Waals surface area contributed by atoms with E-state index in [4.69, 9.17) is 16.7 Å². The van der Waals surface area contributed by atoms with E-state index in [1.165, 1.54) is 12.3 Å². The van der Waals surface area contributed by atoms with Gasteiger partial charge in [-0.1, -0.05) is 11.6 Å². The lowest BCUT2D eigenvalue weighted by Crippen LogP contribution is -2.15. The first-order valence-electron chi connectivity index (χ1n) is 3.56. The average molecular weight is 278 g/mol. The van der Waals surface area contributed by atoms with Crippen molar-refractivity contribution in [3.8, 4) is 0 Å². The summed E-state index contributed by atoms with van der Waals surface area (Å²) in [6, 6.07) is 1.45.